The maximum absolute atomic E-state index is 12.6. The summed E-state index contributed by atoms with van der Waals surface area (Å²) in [5.41, 5.74) is 6.71. The molecule has 0 unspecified atom stereocenters. The van der Waals surface area contributed by atoms with Crippen LogP contribution in [0, 0.1) is 0 Å². The highest BCUT2D eigenvalue weighted by Crippen LogP contribution is 2.26. The number of ether oxygens (including phenoxy) is 1. The molecule has 1 aromatic heterocycles. The van der Waals surface area contributed by atoms with Gasteiger partial charge in [0.1, 0.15) is 10.6 Å². The maximum atomic E-state index is 12.6. The number of benzene rings is 1. The summed E-state index contributed by atoms with van der Waals surface area (Å²) in [6.07, 6.45) is 0. The first-order valence-corrected chi connectivity index (χ1v) is 7.29. The van der Waals surface area contributed by atoms with Crippen molar-refractivity contribution in [2.24, 2.45) is 5.73 Å². The minimum Gasteiger partial charge on any atom is -0.495 e. The van der Waals surface area contributed by atoms with Gasteiger partial charge in [-0.3, -0.25) is 4.79 Å². The van der Waals surface area contributed by atoms with Crippen molar-refractivity contribution in [3.63, 3.8) is 0 Å². The number of amides is 1. The molecule has 0 aliphatic carbocycles. The average molecular weight is 290 g/mol. The lowest BCUT2D eigenvalue weighted by molar-refractivity contribution is 0.0750. The summed E-state index contributed by atoms with van der Waals surface area (Å²) in [5.74, 6) is 0.584. The van der Waals surface area contributed by atoms with E-state index < -0.39 is 0 Å². The molecule has 1 aromatic carbocycles. The van der Waals surface area contributed by atoms with Crippen molar-refractivity contribution in [3.8, 4) is 5.75 Å². The first-order valence-electron chi connectivity index (χ1n) is 6.41. The van der Waals surface area contributed by atoms with Crippen molar-refractivity contribution in [1.82, 2.24) is 4.90 Å². The summed E-state index contributed by atoms with van der Waals surface area (Å²) >= 11 is 1.39. The zero-order valence-corrected chi connectivity index (χ0v) is 12.2. The Balaban J connectivity index is 2.18. The number of carbonyl (C=O) groups is 1. The monoisotopic (exact) mass is 290 g/mol. The number of nitrogens with zero attached hydrogens (tertiary/aromatic N) is 1. The van der Waals surface area contributed by atoms with Gasteiger partial charge in [0.15, 0.2) is 0 Å². The van der Waals surface area contributed by atoms with Gasteiger partial charge < -0.3 is 15.4 Å². The van der Waals surface area contributed by atoms with Crippen LogP contribution in [0.25, 0.3) is 0 Å². The minimum atomic E-state index is -0.0360. The molecule has 0 aliphatic heterocycles. The molecule has 0 bridgehead atoms. The zero-order valence-electron chi connectivity index (χ0n) is 11.4. The first kappa shape index (κ1) is 14.6. The van der Waals surface area contributed by atoms with Gasteiger partial charge in [0.2, 0.25) is 0 Å². The summed E-state index contributed by atoms with van der Waals surface area (Å²) in [7, 11) is 1.57. The van der Waals surface area contributed by atoms with Crippen molar-refractivity contribution < 1.29 is 9.53 Å². The van der Waals surface area contributed by atoms with Crippen molar-refractivity contribution in [2.75, 3.05) is 20.2 Å². The molecular formula is C15H18N2O2S. The molecule has 5 heteroatoms. The number of methoxy groups -OCH3 is 1. The second-order valence-electron chi connectivity index (χ2n) is 4.32. The molecule has 20 heavy (non-hydrogen) atoms. The van der Waals surface area contributed by atoms with E-state index >= 15 is 0 Å². The van der Waals surface area contributed by atoms with Gasteiger partial charge in [0.05, 0.1) is 7.11 Å². The van der Waals surface area contributed by atoms with E-state index in [1.165, 1.54) is 11.3 Å². The third kappa shape index (κ3) is 3.37. The molecule has 0 radical (unpaired) electrons. The van der Waals surface area contributed by atoms with Crippen LogP contribution in [-0.2, 0) is 6.54 Å². The quantitative estimate of drug-likeness (QED) is 0.888. The van der Waals surface area contributed by atoms with Gasteiger partial charge in [-0.25, -0.2) is 0 Å². The molecule has 0 aliphatic rings. The minimum absolute atomic E-state index is 0.0360. The Morgan fingerprint density at radius 2 is 2.05 bits per heavy atom. The van der Waals surface area contributed by atoms with E-state index in [2.05, 4.69) is 0 Å². The number of hydrogen-bond donors (Lipinski definition) is 1. The molecule has 0 saturated heterocycles. The summed E-state index contributed by atoms with van der Waals surface area (Å²) in [6.45, 7) is 1.51. The molecule has 2 rings (SSSR count). The molecule has 106 valence electrons. The molecular weight excluding hydrogens is 272 g/mol. The van der Waals surface area contributed by atoms with Crippen molar-refractivity contribution >= 4 is 17.2 Å². The van der Waals surface area contributed by atoms with Crippen molar-refractivity contribution in [3.05, 3.63) is 52.2 Å². The number of carbonyl (C=O) groups excluding carboxylic acids is 1. The van der Waals surface area contributed by atoms with Gasteiger partial charge >= 0.3 is 0 Å². The highest BCUT2D eigenvalue weighted by molar-refractivity contribution is 7.12. The third-order valence-corrected chi connectivity index (χ3v) is 3.83. The van der Waals surface area contributed by atoms with Gasteiger partial charge in [0, 0.05) is 19.6 Å². The third-order valence-electron chi connectivity index (χ3n) is 2.95. The van der Waals surface area contributed by atoms with Crippen LogP contribution in [0.5, 0.6) is 5.75 Å². The van der Waals surface area contributed by atoms with Gasteiger partial charge in [-0.05, 0) is 17.0 Å². The van der Waals surface area contributed by atoms with Crippen molar-refractivity contribution in [1.29, 1.82) is 0 Å². The van der Waals surface area contributed by atoms with E-state index in [-0.39, 0.29) is 5.91 Å². The molecule has 1 amide bonds. The van der Waals surface area contributed by atoms with Crippen LogP contribution in [0.4, 0.5) is 0 Å². The van der Waals surface area contributed by atoms with Crippen LogP contribution in [0.1, 0.15) is 15.2 Å². The first-order chi connectivity index (χ1) is 9.76. The van der Waals surface area contributed by atoms with Crippen LogP contribution in [0.2, 0.25) is 0 Å². The molecule has 2 aromatic rings. The van der Waals surface area contributed by atoms with E-state index in [4.69, 9.17) is 10.5 Å². The van der Waals surface area contributed by atoms with Gasteiger partial charge in [0.25, 0.3) is 5.91 Å². The standard InChI is InChI=1S/C15H18N2O2S/c1-19-13-7-10-20-14(13)15(18)17(9-8-16)11-12-5-3-2-4-6-12/h2-7,10H,8-9,11,16H2,1H3. The maximum Gasteiger partial charge on any atom is 0.268 e. The Bertz CT molecular complexity index is 554. The predicted octanol–water partition coefficient (Wildman–Crippen LogP) is 2.36. The fourth-order valence-corrected chi connectivity index (χ4v) is 2.79. The lowest BCUT2D eigenvalue weighted by Crippen LogP contribution is -2.34. The second-order valence-corrected chi connectivity index (χ2v) is 5.24. The predicted molar refractivity (Wildman–Crippen MR) is 81.1 cm³/mol. The SMILES string of the molecule is COc1ccsc1C(=O)N(CCN)Cc1ccccc1. The Kier molecular flexibility index (Phi) is 5.15. The van der Waals surface area contributed by atoms with Crippen LogP contribution in [0.15, 0.2) is 41.8 Å². The summed E-state index contributed by atoms with van der Waals surface area (Å²) in [6, 6.07) is 11.7. The number of thiophene rings is 1. The van der Waals surface area contributed by atoms with Crippen LogP contribution in [-0.4, -0.2) is 31.0 Å². The highest BCUT2D eigenvalue weighted by Gasteiger charge is 2.20. The van der Waals surface area contributed by atoms with Gasteiger partial charge in [-0.2, -0.15) is 0 Å². The Morgan fingerprint density at radius 1 is 1.30 bits per heavy atom. The van der Waals surface area contributed by atoms with Crippen LogP contribution in [0.3, 0.4) is 0 Å². The Labute approximate surface area is 122 Å². The molecule has 2 N–H and O–H groups in total. The lowest BCUT2D eigenvalue weighted by atomic mass is 10.2. The summed E-state index contributed by atoms with van der Waals surface area (Å²) in [4.78, 5) is 15.0. The van der Waals surface area contributed by atoms with E-state index in [0.717, 1.165) is 5.56 Å². The fourth-order valence-electron chi connectivity index (χ4n) is 1.97. The Hall–Kier alpha value is -1.85. The number of rotatable bonds is 6. The van der Waals surface area contributed by atoms with Gasteiger partial charge in [-0.15, -0.1) is 11.3 Å². The van der Waals surface area contributed by atoms with E-state index in [0.29, 0.717) is 30.3 Å². The highest BCUT2D eigenvalue weighted by atomic mass is 32.1. The van der Waals surface area contributed by atoms with E-state index in [9.17, 15) is 4.79 Å². The molecule has 1 heterocycles. The summed E-state index contributed by atoms with van der Waals surface area (Å²) < 4.78 is 5.22. The lowest BCUT2D eigenvalue weighted by Gasteiger charge is -2.22. The van der Waals surface area contributed by atoms with Gasteiger partial charge in [-0.1, -0.05) is 30.3 Å². The fraction of sp³-hybridized carbons (Fsp3) is 0.267. The van der Waals surface area contributed by atoms with Crippen LogP contribution < -0.4 is 10.5 Å². The van der Waals surface area contributed by atoms with E-state index in [1.54, 1.807) is 18.1 Å². The zero-order chi connectivity index (χ0) is 14.4. The van der Waals surface area contributed by atoms with Crippen molar-refractivity contribution in [2.45, 2.75) is 6.54 Å². The average Bonchev–Trinajstić information content (AvgIpc) is 2.95. The number of nitrogens with two attached hydrogens (primary N) is 1. The molecule has 0 saturated carbocycles. The number of hydrogen-bond acceptors (Lipinski definition) is 4. The van der Waals surface area contributed by atoms with Crippen LogP contribution >= 0.6 is 11.3 Å². The molecule has 0 spiro atoms. The summed E-state index contributed by atoms with van der Waals surface area (Å²) in [5, 5.41) is 1.86. The Morgan fingerprint density at radius 3 is 2.70 bits per heavy atom. The van der Waals surface area contributed by atoms with E-state index in [1.807, 2.05) is 35.7 Å². The molecule has 0 atom stereocenters. The molecule has 0 fully saturated rings. The molecule has 4 nitrogen and oxygen atoms in total. The smallest absolute Gasteiger partial charge is 0.268 e. The normalized spacial score (nSPS) is 10.3. The largest absolute Gasteiger partial charge is 0.495 e. The second kappa shape index (κ2) is 7.07. The topological polar surface area (TPSA) is 55.6 Å².